The van der Waals surface area contributed by atoms with Crippen molar-refractivity contribution in [3.8, 4) is 0 Å². The highest BCUT2D eigenvalue weighted by Gasteiger charge is 2.34. The smallest absolute Gasteiger partial charge is 0.263 e. The van der Waals surface area contributed by atoms with Gasteiger partial charge in [-0.25, -0.2) is 4.98 Å². The summed E-state index contributed by atoms with van der Waals surface area (Å²) in [6.07, 6.45) is 2.55. The van der Waals surface area contributed by atoms with Crippen LogP contribution in [0.4, 0.5) is 5.13 Å². The Labute approximate surface area is 97.7 Å². The summed E-state index contributed by atoms with van der Waals surface area (Å²) in [5.41, 5.74) is 5.46. The number of hydrogen-bond donors (Lipinski definition) is 3. The second-order valence-corrected chi connectivity index (χ2v) is 5.26. The van der Waals surface area contributed by atoms with Crippen molar-refractivity contribution >= 4 is 22.4 Å². The van der Waals surface area contributed by atoms with Gasteiger partial charge in [-0.05, 0) is 26.2 Å². The van der Waals surface area contributed by atoms with Gasteiger partial charge in [-0.15, -0.1) is 0 Å². The van der Waals surface area contributed by atoms with Crippen LogP contribution in [-0.4, -0.2) is 28.1 Å². The van der Waals surface area contributed by atoms with Gasteiger partial charge in [-0.3, -0.25) is 4.79 Å². The largest absolute Gasteiger partial charge is 0.388 e. The Kier molecular flexibility index (Phi) is 2.86. The average Bonchev–Trinajstić information content (AvgIpc) is 2.51. The molecule has 88 valence electrons. The zero-order chi connectivity index (χ0) is 11.8. The number of hydrogen-bond acceptors (Lipinski definition) is 5. The Morgan fingerprint density at radius 2 is 2.38 bits per heavy atom. The first-order valence-corrected chi connectivity index (χ1v) is 6.05. The molecule has 0 unspecified atom stereocenters. The maximum atomic E-state index is 11.8. The SMILES string of the molecule is Cc1nc(N)sc1C(=O)NCC1(O)CCC1. The Morgan fingerprint density at radius 3 is 2.81 bits per heavy atom. The first kappa shape index (κ1) is 11.3. The van der Waals surface area contributed by atoms with Crippen LogP contribution in [0.3, 0.4) is 0 Å². The van der Waals surface area contributed by atoms with Gasteiger partial charge in [0, 0.05) is 6.54 Å². The highest BCUT2D eigenvalue weighted by molar-refractivity contribution is 7.17. The van der Waals surface area contributed by atoms with Crippen LogP contribution in [0.5, 0.6) is 0 Å². The molecule has 1 aliphatic rings. The third-order valence-electron chi connectivity index (χ3n) is 2.88. The van der Waals surface area contributed by atoms with Crippen LogP contribution in [0, 0.1) is 6.92 Å². The third kappa shape index (κ3) is 2.17. The maximum absolute atomic E-state index is 11.8. The van der Waals surface area contributed by atoms with Crippen LogP contribution < -0.4 is 11.1 Å². The summed E-state index contributed by atoms with van der Waals surface area (Å²) in [5.74, 6) is -0.202. The fraction of sp³-hybridized carbons (Fsp3) is 0.600. The van der Waals surface area contributed by atoms with Crippen molar-refractivity contribution in [1.82, 2.24) is 10.3 Å². The topological polar surface area (TPSA) is 88.2 Å². The second-order valence-electron chi connectivity index (χ2n) is 4.23. The van der Waals surface area contributed by atoms with Gasteiger partial charge in [0.2, 0.25) is 0 Å². The lowest BCUT2D eigenvalue weighted by Crippen LogP contribution is -2.47. The van der Waals surface area contributed by atoms with Crippen molar-refractivity contribution in [3.05, 3.63) is 10.6 Å². The lowest BCUT2D eigenvalue weighted by molar-refractivity contribution is -0.0300. The summed E-state index contributed by atoms with van der Waals surface area (Å²) >= 11 is 1.17. The normalized spacial score (nSPS) is 17.9. The molecule has 0 radical (unpaired) electrons. The van der Waals surface area contributed by atoms with Gasteiger partial charge in [0.15, 0.2) is 5.13 Å². The van der Waals surface area contributed by atoms with Crippen molar-refractivity contribution < 1.29 is 9.90 Å². The van der Waals surface area contributed by atoms with Gasteiger partial charge in [-0.2, -0.15) is 0 Å². The highest BCUT2D eigenvalue weighted by atomic mass is 32.1. The lowest BCUT2D eigenvalue weighted by Gasteiger charge is -2.36. The van der Waals surface area contributed by atoms with E-state index in [0.717, 1.165) is 19.3 Å². The van der Waals surface area contributed by atoms with Crippen LogP contribution in [0.1, 0.15) is 34.6 Å². The minimum atomic E-state index is -0.695. The molecule has 16 heavy (non-hydrogen) atoms. The summed E-state index contributed by atoms with van der Waals surface area (Å²) in [6.45, 7) is 2.06. The molecule has 1 amide bonds. The maximum Gasteiger partial charge on any atom is 0.263 e. The molecule has 1 aliphatic carbocycles. The molecule has 1 heterocycles. The molecule has 1 aromatic heterocycles. The van der Waals surface area contributed by atoms with E-state index in [-0.39, 0.29) is 5.91 Å². The van der Waals surface area contributed by atoms with E-state index in [1.165, 1.54) is 11.3 Å². The predicted molar refractivity (Wildman–Crippen MR) is 62.4 cm³/mol. The molecule has 1 aromatic rings. The van der Waals surface area contributed by atoms with E-state index in [2.05, 4.69) is 10.3 Å². The fourth-order valence-corrected chi connectivity index (χ4v) is 2.46. The van der Waals surface area contributed by atoms with Crippen molar-refractivity contribution in [2.45, 2.75) is 31.8 Å². The number of rotatable bonds is 3. The molecule has 0 saturated heterocycles. The van der Waals surface area contributed by atoms with Crippen LogP contribution >= 0.6 is 11.3 Å². The zero-order valence-corrected chi connectivity index (χ0v) is 9.93. The van der Waals surface area contributed by atoms with E-state index in [4.69, 9.17) is 5.73 Å². The van der Waals surface area contributed by atoms with Crippen LogP contribution in [0.2, 0.25) is 0 Å². The summed E-state index contributed by atoms with van der Waals surface area (Å²) in [5, 5.41) is 12.9. The van der Waals surface area contributed by atoms with Crippen molar-refractivity contribution in [3.63, 3.8) is 0 Å². The number of aliphatic hydroxyl groups is 1. The number of aromatic nitrogens is 1. The Bertz CT molecular complexity index is 412. The van der Waals surface area contributed by atoms with Gasteiger partial charge in [-0.1, -0.05) is 11.3 Å². The molecule has 4 N–H and O–H groups in total. The molecule has 0 bridgehead atoms. The number of amides is 1. The third-order valence-corrected chi connectivity index (χ3v) is 3.87. The van der Waals surface area contributed by atoms with E-state index < -0.39 is 5.60 Å². The number of carbonyl (C=O) groups is 1. The molecular weight excluding hydrogens is 226 g/mol. The summed E-state index contributed by atoms with van der Waals surface area (Å²) in [4.78, 5) is 16.3. The van der Waals surface area contributed by atoms with Gasteiger partial charge < -0.3 is 16.2 Å². The van der Waals surface area contributed by atoms with E-state index in [1.54, 1.807) is 6.92 Å². The van der Waals surface area contributed by atoms with Crippen molar-refractivity contribution in [2.24, 2.45) is 0 Å². The van der Waals surface area contributed by atoms with E-state index in [1.807, 2.05) is 0 Å². The van der Waals surface area contributed by atoms with E-state index in [9.17, 15) is 9.90 Å². The first-order valence-electron chi connectivity index (χ1n) is 5.24. The van der Waals surface area contributed by atoms with Gasteiger partial charge in [0.05, 0.1) is 11.3 Å². The second kappa shape index (κ2) is 4.03. The molecule has 6 heteroatoms. The Balaban J connectivity index is 1.95. The fourth-order valence-electron chi connectivity index (χ4n) is 1.71. The Morgan fingerprint density at radius 1 is 1.69 bits per heavy atom. The van der Waals surface area contributed by atoms with Crippen LogP contribution in [0.15, 0.2) is 0 Å². The number of anilines is 1. The number of thiazole rings is 1. The first-order chi connectivity index (χ1) is 7.50. The van der Waals surface area contributed by atoms with E-state index in [0.29, 0.717) is 22.2 Å². The van der Waals surface area contributed by atoms with Gasteiger partial charge >= 0.3 is 0 Å². The van der Waals surface area contributed by atoms with Gasteiger partial charge in [0.25, 0.3) is 5.91 Å². The van der Waals surface area contributed by atoms with Crippen molar-refractivity contribution in [1.29, 1.82) is 0 Å². The van der Waals surface area contributed by atoms with Crippen LogP contribution in [0.25, 0.3) is 0 Å². The molecule has 0 spiro atoms. The quantitative estimate of drug-likeness (QED) is 0.726. The Hall–Kier alpha value is -1.14. The predicted octanol–water partition coefficient (Wildman–Crippen LogP) is 0.679. The number of carbonyl (C=O) groups excluding carboxylic acids is 1. The molecule has 0 aromatic carbocycles. The summed E-state index contributed by atoms with van der Waals surface area (Å²) in [6, 6.07) is 0. The number of nitrogen functional groups attached to an aromatic ring is 1. The summed E-state index contributed by atoms with van der Waals surface area (Å²) in [7, 11) is 0. The molecule has 1 saturated carbocycles. The number of nitrogens with one attached hydrogen (secondary N) is 1. The van der Waals surface area contributed by atoms with Gasteiger partial charge in [0.1, 0.15) is 4.88 Å². The van der Waals surface area contributed by atoms with E-state index >= 15 is 0 Å². The molecule has 0 aliphatic heterocycles. The molecule has 2 rings (SSSR count). The molecule has 5 nitrogen and oxygen atoms in total. The van der Waals surface area contributed by atoms with Crippen LogP contribution in [-0.2, 0) is 0 Å². The number of nitrogens with two attached hydrogens (primary N) is 1. The molecular formula is C10H15N3O2S. The molecule has 1 fully saturated rings. The highest BCUT2D eigenvalue weighted by Crippen LogP contribution is 2.30. The summed E-state index contributed by atoms with van der Waals surface area (Å²) < 4.78 is 0. The number of nitrogens with zero attached hydrogens (tertiary/aromatic N) is 1. The standard InChI is InChI=1S/C10H15N3O2S/c1-6-7(16-9(11)13-6)8(14)12-5-10(15)3-2-4-10/h15H,2-5H2,1H3,(H2,11,13)(H,12,14). The lowest BCUT2D eigenvalue weighted by atomic mass is 9.80. The molecule has 0 atom stereocenters. The van der Waals surface area contributed by atoms with Crippen molar-refractivity contribution in [2.75, 3.05) is 12.3 Å². The average molecular weight is 241 g/mol. The zero-order valence-electron chi connectivity index (χ0n) is 9.12. The minimum absolute atomic E-state index is 0.202. The monoisotopic (exact) mass is 241 g/mol. The minimum Gasteiger partial charge on any atom is -0.388 e. The number of aryl methyl sites for hydroxylation is 1.